The summed E-state index contributed by atoms with van der Waals surface area (Å²) < 4.78 is 6.19. The van der Waals surface area contributed by atoms with Gasteiger partial charge in [-0.05, 0) is 44.2 Å². The number of ether oxygens (including phenoxy) is 1. The summed E-state index contributed by atoms with van der Waals surface area (Å²) >= 11 is 0. The molecule has 0 saturated carbocycles. The first kappa shape index (κ1) is 19.1. The summed E-state index contributed by atoms with van der Waals surface area (Å²) in [5, 5.41) is 18.5. The van der Waals surface area contributed by atoms with Gasteiger partial charge in [-0.25, -0.2) is 0 Å². The Kier molecular flexibility index (Phi) is 6.88. The van der Waals surface area contributed by atoms with Crippen LogP contribution in [0.15, 0.2) is 24.3 Å². The van der Waals surface area contributed by atoms with Crippen LogP contribution in [0, 0.1) is 0 Å². The smallest absolute Gasteiger partial charge is 0.257 e. The molecule has 2 heterocycles. The largest absolute Gasteiger partial charge is 0.489 e. The molecule has 0 aliphatic carbocycles. The second-order valence-electron chi connectivity index (χ2n) is 7.30. The van der Waals surface area contributed by atoms with E-state index in [0.29, 0.717) is 17.9 Å². The van der Waals surface area contributed by atoms with Crippen LogP contribution < -0.4 is 4.74 Å². The van der Waals surface area contributed by atoms with E-state index in [9.17, 15) is 9.90 Å². The number of benzene rings is 1. The van der Waals surface area contributed by atoms with Crippen molar-refractivity contribution in [3.05, 3.63) is 29.8 Å². The molecular formula is C20H30N2O4. The van der Waals surface area contributed by atoms with Gasteiger partial charge >= 0.3 is 0 Å². The third-order valence-electron chi connectivity index (χ3n) is 5.27. The van der Waals surface area contributed by atoms with Crippen LogP contribution in [0.3, 0.4) is 0 Å². The van der Waals surface area contributed by atoms with Crippen molar-refractivity contribution >= 4 is 5.91 Å². The number of piperidine rings is 2. The maximum atomic E-state index is 12.9. The van der Waals surface area contributed by atoms with Crippen LogP contribution in [0.2, 0.25) is 0 Å². The molecule has 6 heteroatoms. The number of hydrogen-bond donors (Lipinski definition) is 2. The predicted molar refractivity (Wildman–Crippen MR) is 99.4 cm³/mol. The first-order chi connectivity index (χ1) is 12.7. The Balaban J connectivity index is 1.58. The van der Waals surface area contributed by atoms with Crippen molar-refractivity contribution in [3.8, 4) is 5.75 Å². The van der Waals surface area contributed by atoms with Gasteiger partial charge in [-0.15, -0.1) is 0 Å². The summed E-state index contributed by atoms with van der Waals surface area (Å²) in [6, 6.07) is 7.55. The normalized spacial score (nSPS) is 20.8. The number of aliphatic hydroxyl groups excluding tert-OH is 2. The molecule has 144 valence electrons. The maximum Gasteiger partial charge on any atom is 0.257 e. The van der Waals surface area contributed by atoms with Gasteiger partial charge < -0.3 is 24.7 Å². The number of para-hydroxylation sites is 1. The highest BCUT2D eigenvalue weighted by Gasteiger charge is 2.25. The molecule has 1 aromatic carbocycles. The SMILES string of the molecule is O=C(c1ccccc1OC1CCN(C[C@H](O)CO)CC1)N1CCCCC1. The zero-order valence-electron chi connectivity index (χ0n) is 15.3. The van der Waals surface area contributed by atoms with Crippen LogP contribution in [-0.4, -0.2) is 77.5 Å². The van der Waals surface area contributed by atoms with Crippen molar-refractivity contribution in [1.29, 1.82) is 0 Å². The van der Waals surface area contributed by atoms with Crippen molar-refractivity contribution in [3.63, 3.8) is 0 Å². The number of nitrogens with zero attached hydrogens (tertiary/aromatic N) is 2. The van der Waals surface area contributed by atoms with Gasteiger partial charge in [-0.2, -0.15) is 0 Å². The lowest BCUT2D eigenvalue weighted by Gasteiger charge is -2.33. The Morgan fingerprint density at radius 3 is 2.50 bits per heavy atom. The van der Waals surface area contributed by atoms with Crippen molar-refractivity contribution in [2.75, 3.05) is 39.3 Å². The summed E-state index contributed by atoms with van der Waals surface area (Å²) in [6.07, 6.45) is 4.45. The van der Waals surface area contributed by atoms with Gasteiger partial charge in [0.25, 0.3) is 5.91 Å². The van der Waals surface area contributed by atoms with Gasteiger partial charge in [0.1, 0.15) is 11.9 Å². The molecule has 1 aromatic rings. The molecule has 26 heavy (non-hydrogen) atoms. The Hall–Kier alpha value is -1.63. The van der Waals surface area contributed by atoms with Gasteiger partial charge in [0.2, 0.25) is 0 Å². The number of aliphatic hydroxyl groups is 2. The fraction of sp³-hybridized carbons (Fsp3) is 0.650. The van der Waals surface area contributed by atoms with E-state index >= 15 is 0 Å². The van der Waals surface area contributed by atoms with E-state index in [2.05, 4.69) is 4.90 Å². The highest BCUT2D eigenvalue weighted by Crippen LogP contribution is 2.25. The van der Waals surface area contributed by atoms with E-state index in [1.54, 1.807) is 0 Å². The van der Waals surface area contributed by atoms with Gasteiger partial charge in [0.15, 0.2) is 0 Å². The Bertz CT molecular complexity index is 581. The van der Waals surface area contributed by atoms with Crippen LogP contribution in [0.4, 0.5) is 0 Å². The van der Waals surface area contributed by atoms with Crippen LogP contribution in [0.5, 0.6) is 5.75 Å². The molecular weight excluding hydrogens is 332 g/mol. The second kappa shape index (κ2) is 9.35. The average Bonchev–Trinajstić information content (AvgIpc) is 2.70. The van der Waals surface area contributed by atoms with E-state index in [1.165, 1.54) is 6.42 Å². The van der Waals surface area contributed by atoms with E-state index in [1.807, 2.05) is 29.2 Å². The standard InChI is InChI=1S/C20H30N2O4/c23-15-16(24)14-21-12-8-17(9-13-21)26-19-7-3-2-6-18(19)20(25)22-10-4-1-5-11-22/h2-3,6-7,16-17,23-24H,1,4-5,8-15H2/t16-/m0/s1. The first-order valence-electron chi connectivity index (χ1n) is 9.73. The minimum absolute atomic E-state index is 0.0730. The Morgan fingerprint density at radius 2 is 1.81 bits per heavy atom. The number of amides is 1. The number of likely N-dealkylation sites (tertiary alicyclic amines) is 2. The summed E-state index contributed by atoms with van der Waals surface area (Å²) in [5.74, 6) is 0.751. The van der Waals surface area contributed by atoms with Crippen LogP contribution >= 0.6 is 0 Å². The number of rotatable bonds is 6. The molecule has 1 atom stereocenters. The fourth-order valence-electron chi connectivity index (χ4n) is 3.76. The summed E-state index contributed by atoms with van der Waals surface area (Å²) in [5.41, 5.74) is 0.660. The second-order valence-corrected chi connectivity index (χ2v) is 7.30. The van der Waals surface area contributed by atoms with Gasteiger partial charge in [0, 0.05) is 32.7 Å². The van der Waals surface area contributed by atoms with Crippen molar-refractivity contribution < 1.29 is 19.7 Å². The monoisotopic (exact) mass is 362 g/mol. The molecule has 0 unspecified atom stereocenters. The number of β-amino-alcohol motifs (C(OH)–C–C–N with tert-alkyl or cyclic N) is 1. The lowest BCUT2D eigenvalue weighted by Crippen LogP contribution is -2.42. The minimum atomic E-state index is -0.685. The lowest BCUT2D eigenvalue weighted by molar-refractivity contribution is 0.0342. The van der Waals surface area contributed by atoms with Crippen molar-refractivity contribution in [2.45, 2.75) is 44.3 Å². The van der Waals surface area contributed by atoms with Crippen molar-refractivity contribution in [1.82, 2.24) is 9.80 Å². The van der Waals surface area contributed by atoms with Gasteiger partial charge in [-0.1, -0.05) is 12.1 Å². The van der Waals surface area contributed by atoms with Crippen LogP contribution in [-0.2, 0) is 0 Å². The van der Waals surface area contributed by atoms with Crippen molar-refractivity contribution in [2.24, 2.45) is 0 Å². The predicted octanol–water partition coefficient (Wildman–Crippen LogP) is 1.51. The van der Waals surface area contributed by atoms with Gasteiger partial charge in [0.05, 0.1) is 18.3 Å². The number of carbonyl (C=O) groups is 1. The summed E-state index contributed by atoms with van der Waals surface area (Å²) in [4.78, 5) is 16.9. The van der Waals surface area contributed by atoms with E-state index in [-0.39, 0.29) is 18.6 Å². The third-order valence-corrected chi connectivity index (χ3v) is 5.27. The quantitative estimate of drug-likeness (QED) is 0.803. The molecule has 3 rings (SSSR count). The maximum absolute atomic E-state index is 12.9. The Labute approximate surface area is 155 Å². The molecule has 0 bridgehead atoms. The zero-order chi connectivity index (χ0) is 18.4. The Morgan fingerprint density at radius 1 is 1.12 bits per heavy atom. The molecule has 2 N–H and O–H groups in total. The molecule has 2 saturated heterocycles. The topological polar surface area (TPSA) is 73.2 Å². The molecule has 1 amide bonds. The lowest BCUT2D eigenvalue weighted by atomic mass is 10.1. The fourth-order valence-corrected chi connectivity index (χ4v) is 3.76. The number of carbonyl (C=O) groups excluding carboxylic acids is 1. The molecule has 2 aliphatic rings. The highest BCUT2D eigenvalue weighted by molar-refractivity contribution is 5.97. The molecule has 0 spiro atoms. The first-order valence-corrected chi connectivity index (χ1v) is 9.73. The highest BCUT2D eigenvalue weighted by atomic mass is 16.5. The van der Waals surface area contributed by atoms with Gasteiger partial charge in [-0.3, -0.25) is 4.79 Å². The molecule has 2 aliphatic heterocycles. The number of hydrogen-bond acceptors (Lipinski definition) is 5. The molecule has 6 nitrogen and oxygen atoms in total. The minimum Gasteiger partial charge on any atom is -0.489 e. The molecule has 0 aromatic heterocycles. The molecule has 0 radical (unpaired) electrons. The van der Waals surface area contributed by atoms with E-state index in [0.717, 1.165) is 51.9 Å². The van der Waals surface area contributed by atoms with E-state index < -0.39 is 6.10 Å². The summed E-state index contributed by atoms with van der Waals surface area (Å²) in [7, 11) is 0. The van der Waals surface area contributed by atoms with E-state index in [4.69, 9.17) is 9.84 Å². The molecule has 2 fully saturated rings. The zero-order valence-corrected chi connectivity index (χ0v) is 15.3. The third kappa shape index (κ3) is 4.96. The van der Waals surface area contributed by atoms with Crippen LogP contribution in [0.25, 0.3) is 0 Å². The summed E-state index contributed by atoms with van der Waals surface area (Å²) in [6.45, 7) is 3.60. The average molecular weight is 362 g/mol. The van der Waals surface area contributed by atoms with Crippen LogP contribution in [0.1, 0.15) is 42.5 Å².